The summed E-state index contributed by atoms with van der Waals surface area (Å²) >= 11 is 0. The van der Waals surface area contributed by atoms with Gasteiger partial charge in [0.05, 0.1) is 0 Å². The quantitative estimate of drug-likeness (QED) is 0.257. The van der Waals surface area contributed by atoms with Crippen LogP contribution in [0.15, 0.2) is 0 Å². The Morgan fingerprint density at radius 2 is 1.14 bits per heavy atom. The maximum absolute atomic E-state index is 8.52. The van der Waals surface area contributed by atoms with Crippen molar-refractivity contribution >= 4 is 10.4 Å². The van der Waals surface area contributed by atoms with Crippen LogP contribution in [0, 0.1) is 0 Å². The maximum Gasteiger partial charge on any atom is 2.00 e. The van der Waals surface area contributed by atoms with Crippen LogP contribution in [-0.4, -0.2) is 17.5 Å². The molecule has 0 amide bonds. The molecule has 0 heterocycles. The van der Waals surface area contributed by atoms with Crippen molar-refractivity contribution in [2.75, 3.05) is 0 Å². The fourth-order valence-corrected chi connectivity index (χ4v) is 0. The molecule has 0 rings (SSSR count). The van der Waals surface area contributed by atoms with E-state index >= 15 is 0 Å². The van der Waals surface area contributed by atoms with Gasteiger partial charge in [0.2, 0.25) is 0 Å². The summed E-state index contributed by atoms with van der Waals surface area (Å²) in [5.74, 6) is 0. The molecule has 0 aliphatic carbocycles. The van der Waals surface area contributed by atoms with Crippen LogP contribution in [0.2, 0.25) is 0 Å². The molecule has 4 nitrogen and oxygen atoms in total. The van der Waals surface area contributed by atoms with E-state index in [1.807, 2.05) is 0 Å². The van der Waals surface area contributed by atoms with Gasteiger partial charge in [-0.3, -0.25) is 8.42 Å². The zero-order chi connectivity index (χ0) is 4.50. The summed E-state index contributed by atoms with van der Waals surface area (Å²) < 4.78 is 34.1. The standard InChI is InChI=1S/Cs.Cu.H2O4S/c;;1-5(2,3)4/h;;(H2,1,2,3,4)/q+1;+2;/p-2. The van der Waals surface area contributed by atoms with Gasteiger partial charge in [-0.25, -0.2) is 0 Å². The molecule has 7 heavy (non-hydrogen) atoms. The van der Waals surface area contributed by atoms with Gasteiger partial charge in [-0.1, -0.05) is 0 Å². The summed E-state index contributed by atoms with van der Waals surface area (Å²) in [6, 6.07) is 0. The van der Waals surface area contributed by atoms with E-state index in [4.69, 9.17) is 17.5 Å². The molecule has 0 spiro atoms. The Labute approximate surface area is 111 Å². The van der Waals surface area contributed by atoms with E-state index in [0.29, 0.717) is 0 Å². The molecular weight excluding hydrogens is 293 g/mol. The normalized spacial score (nSPS) is 8.29. The summed E-state index contributed by atoms with van der Waals surface area (Å²) in [6.07, 6.45) is 0. The van der Waals surface area contributed by atoms with E-state index in [-0.39, 0.29) is 86.0 Å². The molecule has 1 radical (unpaired) electrons. The summed E-state index contributed by atoms with van der Waals surface area (Å²) in [6.45, 7) is 0. The Bertz CT molecular complexity index is 94.9. The third kappa shape index (κ3) is 58.8. The zero-order valence-corrected chi connectivity index (χ0v) is 11.4. The summed E-state index contributed by atoms with van der Waals surface area (Å²) in [5, 5.41) is 0. The van der Waals surface area contributed by atoms with E-state index in [9.17, 15) is 0 Å². The van der Waals surface area contributed by atoms with Crippen LogP contribution in [0.1, 0.15) is 0 Å². The van der Waals surface area contributed by atoms with E-state index in [1.54, 1.807) is 0 Å². The third-order valence-corrected chi connectivity index (χ3v) is 0. The SMILES string of the molecule is O=S(=O)([O-])[O-].[Cs+].[Cu+2]. The summed E-state index contributed by atoms with van der Waals surface area (Å²) in [7, 11) is -5.17. The van der Waals surface area contributed by atoms with Crippen molar-refractivity contribution in [2.24, 2.45) is 0 Å². The van der Waals surface area contributed by atoms with Crippen LogP contribution < -0.4 is 68.9 Å². The topological polar surface area (TPSA) is 80.3 Å². The Morgan fingerprint density at radius 1 is 1.14 bits per heavy atom. The molecule has 0 aliphatic rings. The van der Waals surface area contributed by atoms with Gasteiger partial charge < -0.3 is 9.11 Å². The molecule has 0 bridgehead atoms. The third-order valence-electron chi connectivity index (χ3n) is 0. The van der Waals surface area contributed by atoms with Gasteiger partial charge in [0.1, 0.15) is 0 Å². The zero-order valence-electron chi connectivity index (χ0n) is 3.34. The van der Waals surface area contributed by atoms with Crippen molar-refractivity contribution in [1.29, 1.82) is 0 Å². The van der Waals surface area contributed by atoms with Crippen LogP contribution in [0.25, 0.3) is 0 Å². The largest absolute Gasteiger partial charge is 2.00 e. The van der Waals surface area contributed by atoms with Crippen molar-refractivity contribution < 1.29 is 103 Å². The molecule has 0 aliphatic heterocycles. The molecule has 0 atom stereocenters. The molecule has 0 saturated heterocycles. The van der Waals surface area contributed by atoms with Crippen LogP contribution in [0.5, 0.6) is 0 Å². The Hall–Kier alpha value is 2.44. The number of hydrogen-bond donors (Lipinski definition) is 0. The first kappa shape index (κ1) is 16.2. The Kier molecular flexibility index (Phi) is 15.2. The molecule has 41 valence electrons. The molecule has 7 heteroatoms. The second kappa shape index (κ2) is 6.56. The monoisotopic (exact) mass is 292 g/mol. The van der Waals surface area contributed by atoms with Gasteiger partial charge in [-0.05, 0) is 0 Å². The van der Waals surface area contributed by atoms with Crippen molar-refractivity contribution in [3.63, 3.8) is 0 Å². The van der Waals surface area contributed by atoms with Crippen LogP contribution in [0.3, 0.4) is 0 Å². The summed E-state index contributed by atoms with van der Waals surface area (Å²) in [5.41, 5.74) is 0. The van der Waals surface area contributed by atoms with Gasteiger partial charge in [0, 0.05) is 10.4 Å². The van der Waals surface area contributed by atoms with Crippen LogP contribution >= 0.6 is 0 Å². The predicted molar refractivity (Wildman–Crippen MR) is 10.5 cm³/mol. The van der Waals surface area contributed by atoms with Crippen molar-refractivity contribution in [1.82, 2.24) is 0 Å². The fourth-order valence-electron chi connectivity index (χ4n) is 0. The van der Waals surface area contributed by atoms with Gasteiger partial charge in [0.25, 0.3) is 0 Å². The number of rotatable bonds is 0. The number of hydrogen-bond acceptors (Lipinski definition) is 4. The smallest absolute Gasteiger partial charge is 0.759 e. The van der Waals surface area contributed by atoms with Crippen molar-refractivity contribution in [3.8, 4) is 0 Å². The molecule has 0 unspecified atom stereocenters. The maximum atomic E-state index is 8.52. The average Bonchev–Trinajstić information content (AvgIpc) is 0.722. The van der Waals surface area contributed by atoms with Crippen molar-refractivity contribution in [2.45, 2.75) is 0 Å². The molecule has 0 aromatic carbocycles. The van der Waals surface area contributed by atoms with Crippen molar-refractivity contribution in [3.05, 3.63) is 0 Å². The van der Waals surface area contributed by atoms with Gasteiger partial charge in [-0.15, -0.1) is 0 Å². The average molecular weight is 293 g/mol. The first-order chi connectivity index (χ1) is 2.00. The molecule has 0 aromatic rings. The minimum Gasteiger partial charge on any atom is -0.759 e. The second-order valence-corrected chi connectivity index (χ2v) is 1.22. The second-order valence-electron chi connectivity index (χ2n) is 0.408. The molecule has 0 saturated carbocycles. The summed E-state index contributed by atoms with van der Waals surface area (Å²) in [4.78, 5) is 0. The minimum atomic E-state index is -5.17. The van der Waals surface area contributed by atoms with E-state index in [1.165, 1.54) is 0 Å². The molecular formula is CsCuO4S+. The van der Waals surface area contributed by atoms with Gasteiger partial charge >= 0.3 is 86.0 Å². The molecule has 0 N–H and O–H groups in total. The van der Waals surface area contributed by atoms with Gasteiger partial charge in [0.15, 0.2) is 0 Å². The first-order valence-corrected chi connectivity index (χ1v) is 2.00. The molecule has 0 aromatic heterocycles. The van der Waals surface area contributed by atoms with Gasteiger partial charge in [-0.2, -0.15) is 0 Å². The van der Waals surface area contributed by atoms with Crippen LogP contribution in [0.4, 0.5) is 0 Å². The Morgan fingerprint density at radius 3 is 1.14 bits per heavy atom. The van der Waals surface area contributed by atoms with E-state index < -0.39 is 10.4 Å². The van der Waals surface area contributed by atoms with Crippen LogP contribution in [-0.2, 0) is 27.5 Å². The first-order valence-electron chi connectivity index (χ1n) is 0.667. The fraction of sp³-hybridized carbons (Fsp3) is 0. The minimum absolute atomic E-state index is 0. The van der Waals surface area contributed by atoms with E-state index in [0.717, 1.165) is 0 Å². The van der Waals surface area contributed by atoms with E-state index in [2.05, 4.69) is 0 Å². The predicted octanol–water partition coefficient (Wildman–Crippen LogP) is -4.34. The molecule has 0 fully saturated rings. The Balaban J connectivity index is -0.0000000800.